The van der Waals surface area contributed by atoms with E-state index in [1.807, 2.05) is 6.92 Å². The van der Waals surface area contributed by atoms with E-state index in [2.05, 4.69) is 5.32 Å². The molecule has 0 fully saturated rings. The van der Waals surface area contributed by atoms with Gasteiger partial charge in [0.2, 0.25) is 5.91 Å². The Bertz CT molecular complexity index is 476. The molecule has 1 amide bonds. The highest BCUT2D eigenvalue weighted by Gasteiger charge is 2.14. The fourth-order valence-electron chi connectivity index (χ4n) is 1.61. The second-order valence-electron chi connectivity index (χ2n) is 3.98. The Hall–Kier alpha value is -1.75. The van der Waals surface area contributed by atoms with Gasteiger partial charge in [0, 0.05) is 18.0 Å². The van der Waals surface area contributed by atoms with Crippen molar-refractivity contribution >= 4 is 29.2 Å². The van der Waals surface area contributed by atoms with Crippen molar-refractivity contribution in [2.24, 2.45) is 0 Å². The predicted octanol–water partition coefficient (Wildman–Crippen LogP) is 2.83. The van der Waals surface area contributed by atoms with E-state index in [4.69, 9.17) is 21.1 Å². The fourth-order valence-corrected chi connectivity index (χ4v) is 1.74. The maximum absolute atomic E-state index is 11.7. The Labute approximate surface area is 123 Å². The third-order valence-electron chi connectivity index (χ3n) is 2.51. The molecule has 0 saturated heterocycles. The summed E-state index contributed by atoms with van der Waals surface area (Å²) in [7, 11) is 1.30. The Morgan fingerprint density at radius 1 is 1.35 bits per heavy atom. The number of methoxy groups -OCH3 is 1. The van der Waals surface area contributed by atoms with E-state index in [-0.39, 0.29) is 11.5 Å². The van der Waals surface area contributed by atoms with Crippen LogP contribution in [-0.4, -0.2) is 31.5 Å². The normalized spacial score (nSPS) is 9.95. The molecular weight excluding hydrogens is 282 g/mol. The van der Waals surface area contributed by atoms with Crippen LogP contribution < -0.4 is 10.1 Å². The van der Waals surface area contributed by atoms with Crippen LogP contribution in [-0.2, 0) is 9.53 Å². The highest BCUT2D eigenvalue weighted by molar-refractivity contribution is 6.18. The molecule has 0 bridgehead atoms. The van der Waals surface area contributed by atoms with Crippen molar-refractivity contribution < 1.29 is 19.1 Å². The number of hydrogen-bond acceptors (Lipinski definition) is 4. The SMILES string of the molecule is CCOc1ccc(NC(=O)CCCCl)cc1C(=O)OC. The van der Waals surface area contributed by atoms with Crippen LogP contribution in [0.4, 0.5) is 5.69 Å². The lowest BCUT2D eigenvalue weighted by Crippen LogP contribution is -2.13. The zero-order valence-electron chi connectivity index (χ0n) is 11.6. The van der Waals surface area contributed by atoms with Gasteiger partial charge in [0.15, 0.2) is 0 Å². The van der Waals surface area contributed by atoms with Crippen LogP contribution in [0, 0.1) is 0 Å². The second kappa shape index (κ2) is 8.43. The summed E-state index contributed by atoms with van der Waals surface area (Å²) in [5.41, 5.74) is 0.804. The number of halogens is 1. The number of rotatable bonds is 7. The van der Waals surface area contributed by atoms with Crippen molar-refractivity contribution in [1.82, 2.24) is 0 Å². The van der Waals surface area contributed by atoms with Gasteiger partial charge in [-0.3, -0.25) is 4.79 Å². The summed E-state index contributed by atoms with van der Waals surface area (Å²) in [5.74, 6) is 0.207. The van der Waals surface area contributed by atoms with Gasteiger partial charge in [-0.05, 0) is 31.5 Å². The molecule has 0 aliphatic carbocycles. The molecule has 0 saturated carbocycles. The molecule has 5 nitrogen and oxygen atoms in total. The van der Waals surface area contributed by atoms with E-state index in [1.54, 1.807) is 12.1 Å². The summed E-state index contributed by atoms with van der Waals surface area (Å²) in [6, 6.07) is 4.85. The summed E-state index contributed by atoms with van der Waals surface area (Å²) in [4.78, 5) is 23.3. The molecule has 0 spiro atoms. The van der Waals surface area contributed by atoms with Crippen molar-refractivity contribution in [1.29, 1.82) is 0 Å². The fraction of sp³-hybridized carbons (Fsp3) is 0.429. The molecule has 0 radical (unpaired) electrons. The number of nitrogens with one attached hydrogen (secondary N) is 1. The molecule has 6 heteroatoms. The molecule has 20 heavy (non-hydrogen) atoms. The zero-order valence-corrected chi connectivity index (χ0v) is 12.3. The van der Waals surface area contributed by atoms with Crippen molar-refractivity contribution in [3.63, 3.8) is 0 Å². The topological polar surface area (TPSA) is 64.6 Å². The minimum atomic E-state index is -0.509. The highest BCUT2D eigenvalue weighted by Crippen LogP contribution is 2.24. The first-order valence-electron chi connectivity index (χ1n) is 6.33. The average Bonchev–Trinajstić information content (AvgIpc) is 2.46. The minimum absolute atomic E-state index is 0.148. The van der Waals surface area contributed by atoms with Crippen molar-refractivity contribution in [2.45, 2.75) is 19.8 Å². The number of hydrogen-bond donors (Lipinski definition) is 1. The minimum Gasteiger partial charge on any atom is -0.493 e. The third kappa shape index (κ3) is 4.74. The van der Waals surface area contributed by atoms with E-state index in [1.165, 1.54) is 13.2 Å². The highest BCUT2D eigenvalue weighted by atomic mass is 35.5. The van der Waals surface area contributed by atoms with Gasteiger partial charge >= 0.3 is 5.97 Å². The predicted molar refractivity (Wildman–Crippen MR) is 77.5 cm³/mol. The molecule has 0 aromatic heterocycles. The molecule has 1 aromatic carbocycles. The van der Waals surface area contributed by atoms with E-state index in [0.717, 1.165) is 0 Å². The standard InChI is InChI=1S/C14H18ClNO4/c1-3-20-12-7-6-10(9-11(12)14(18)19-2)16-13(17)5-4-8-15/h6-7,9H,3-5,8H2,1-2H3,(H,16,17). The summed E-state index contributed by atoms with van der Waals surface area (Å²) in [6.07, 6.45) is 0.943. The first-order valence-corrected chi connectivity index (χ1v) is 6.86. The number of carbonyl (C=O) groups excluding carboxylic acids is 2. The Kier molecular flexibility index (Phi) is 6.87. The van der Waals surface area contributed by atoms with Crippen LogP contribution in [0.3, 0.4) is 0 Å². The van der Waals surface area contributed by atoms with Crippen molar-refractivity contribution in [3.05, 3.63) is 23.8 Å². The van der Waals surface area contributed by atoms with Crippen LogP contribution in [0.1, 0.15) is 30.1 Å². The van der Waals surface area contributed by atoms with Crippen molar-refractivity contribution in [3.8, 4) is 5.75 Å². The van der Waals surface area contributed by atoms with Gasteiger partial charge in [-0.1, -0.05) is 0 Å². The quantitative estimate of drug-likeness (QED) is 0.621. The first kappa shape index (κ1) is 16.3. The maximum atomic E-state index is 11.7. The molecular formula is C14H18ClNO4. The number of esters is 1. The lowest BCUT2D eigenvalue weighted by atomic mass is 10.1. The second-order valence-corrected chi connectivity index (χ2v) is 4.35. The number of benzene rings is 1. The maximum Gasteiger partial charge on any atom is 0.341 e. The van der Waals surface area contributed by atoms with Gasteiger partial charge in [-0.25, -0.2) is 4.79 Å². The van der Waals surface area contributed by atoms with Crippen LogP contribution in [0.15, 0.2) is 18.2 Å². The van der Waals surface area contributed by atoms with E-state index >= 15 is 0 Å². The van der Waals surface area contributed by atoms with E-state index in [0.29, 0.717) is 36.8 Å². The summed E-state index contributed by atoms with van der Waals surface area (Å²) in [5, 5.41) is 2.70. The Balaban J connectivity index is 2.88. The molecule has 0 atom stereocenters. The molecule has 1 aromatic rings. The summed E-state index contributed by atoms with van der Waals surface area (Å²) in [6.45, 7) is 2.26. The van der Waals surface area contributed by atoms with Gasteiger partial charge in [-0.15, -0.1) is 11.6 Å². The number of amides is 1. The van der Waals surface area contributed by atoms with Crippen LogP contribution >= 0.6 is 11.6 Å². The van der Waals surface area contributed by atoms with Crippen LogP contribution in [0.25, 0.3) is 0 Å². The van der Waals surface area contributed by atoms with Gasteiger partial charge in [0.05, 0.1) is 13.7 Å². The molecule has 0 unspecified atom stereocenters. The number of anilines is 1. The number of ether oxygens (including phenoxy) is 2. The molecule has 1 rings (SSSR count). The Morgan fingerprint density at radius 2 is 2.10 bits per heavy atom. The summed E-state index contributed by atoms with van der Waals surface area (Å²) >= 11 is 5.53. The van der Waals surface area contributed by atoms with E-state index < -0.39 is 5.97 Å². The van der Waals surface area contributed by atoms with Gasteiger partial charge in [-0.2, -0.15) is 0 Å². The lowest BCUT2D eigenvalue weighted by Gasteiger charge is -2.11. The van der Waals surface area contributed by atoms with Crippen LogP contribution in [0.2, 0.25) is 0 Å². The largest absolute Gasteiger partial charge is 0.493 e. The number of alkyl halides is 1. The monoisotopic (exact) mass is 299 g/mol. The molecule has 0 aliphatic rings. The molecule has 110 valence electrons. The van der Waals surface area contributed by atoms with Gasteiger partial charge < -0.3 is 14.8 Å². The number of carbonyl (C=O) groups is 2. The average molecular weight is 300 g/mol. The van der Waals surface area contributed by atoms with Gasteiger partial charge in [0.25, 0.3) is 0 Å². The first-order chi connectivity index (χ1) is 9.62. The molecule has 0 heterocycles. The van der Waals surface area contributed by atoms with E-state index in [9.17, 15) is 9.59 Å². The third-order valence-corrected chi connectivity index (χ3v) is 2.77. The van der Waals surface area contributed by atoms with Crippen LogP contribution in [0.5, 0.6) is 5.75 Å². The molecule has 0 aliphatic heterocycles. The Morgan fingerprint density at radius 3 is 2.70 bits per heavy atom. The molecule has 1 N–H and O–H groups in total. The summed E-state index contributed by atoms with van der Waals surface area (Å²) < 4.78 is 10.1. The van der Waals surface area contributed by atoms with Gasteiger partial charge in [0.1, 0.15) is 11.3 Å². The lowest BCUT2D eigenvalue weighted by molar-refractivity contribution is -0.116. The zero-order chi connectivity index (χ0) is 15.0. The van der Waals surface area contributed by atoms with Crippen molar-refractivity contribution in [2.75, 3.05) is 24.9 Å². The smallest absolute Gasteiger partial charge is 0.341 e.